The molecule has 0 saturated carbocycles. The van der Waals surface area contributed by atoms with Crippen LogP contribution >= 0.6 is 0 Å². The highest BCUT2D eigenvalue weighted by atomic mass is 19.1. The Morgan fingerprint density at radius 3 is 2.65 bits per heavy atom. The van der Waals surface area contributed by atoms with E-state index in [-0.39, 0.29) is 17.8 Å². The van der Waals surface area contributed by atoms with Crippen LogP contribution in [0.3, 0.4) is 0 Å². The second-order valence-electron chi connectivity index (χ2n) is 4.05. The lowest BCUT2D eigenvalue weighted by Gasteiger charge is -2.12. The Morgan fingerprint density at radius 1 is 1.41 bits per heavy atom. The van der Waals surface area contributed by atoms with E-state index < -0.39 is 0 Å². The minimum Gasteiger partial charge on any atom is -0.383 e. The van der Waals surface area contributed by atoms with Crippen LogP contribution in [0.4, 0.5) is 4.39 Å². The summed E-state index contributed by atoms with van der Waals surface area (Å²) >= 11 is 0. The number of benzene rings is 1. The number of carbonyl (C=O) groups excluding carboxylic acids is 1. The SMILES string of the molecule is COCC(C)NC(=O)CCc1ccc(F)cc1. The zero-order chi connectivity index (χ0) is 12.7. The Morgan fingerprint density at radius 2 is 2.06 bits per heavy atom. The molecular formula is C13H18FNO2. The summed E-state index contributed by atoms with van der Waals surface area (Å²) in [4.78, 5) is 11.5. The van der Waals surface area contributed by atoms with E-state index in [9.17, 15) is 9.18 Å². The number of hydrogen-bond acceptors (Lipinski definition) is 2. The summed E-state index contributed by atoms with van der Waals surface area (Å²) in [7, 11) is 1.60. The summed E-state index contributed by atoms with van der Waals surface area (Å²) in [5, 5.41) is 2.82. The van der Waals surface area contributed by atoms with Gasteiger partial charge in [0, 0.05) is 19.6 Å². The highest BCUT2D eigenvalue weighted by Crippen LogP contribution is 2.05. The third-order valence-corrected chi connectivity index (χ3v) is 2.38. The number of amides is 1. The lowest BCUT2D eigenvalue weighted by Crippen LogP contribution is -2.35. The van der Waals surface area contributed by atoms with E-state index in [0.717, 1.165) is 5.56 Å². The van der Waals surface area contributed by atoms with E-state index in [2.05, 4.69) is 5.32 Å². The molecule has 1 atom stereocenters. The molecule has 1 aromatic rings. The first-order valence-electron chi connectivity index (χ1n) is 5.64. The predicted octanol–water partition coefficient (Wildman–Crippen LogP) is 1.91. The van der Waals surface area contributed by atoms with Gasteiger partial charge in [-0.3, -0.25) is 4.79 Å². The fourth-order valence-electron chi connectivity index (χ4n) is 1.55. The lowest BCUT2D eigenvalue weighted by atomic mass is 10.1. The molecule has 0 aromatic heterocycles. The summed E-state index contributed by atoms with van der Waals surface area (Å²) in [6.45, 7) is 2.39. The highest BCUT2D eigenvalue weighted by molar-refractivity contribution is 5.76. The maximum atomic E-state index is 12.6. The fraction of sp³-hybridized carbons (Fsp3) is 0.462. The second-order valence-corrected chi connectivity index (χ2v) is 4.05. The Bertz CT molecular complexity index is 351. The maximum Gasteiger partial charge on any atom is 0.220 e. The van der Waals surface area contributed by atoms with E-state index in [1.54, 1.807) is 19.2 Å². The predicted molar refractivity (Wildman–Crippen MR) is 64.2 cm³/mol. The number of hydrogen-bond donors (Lipinski definition) is 1. The van der Waals surface area contributed by atoms with E-state index in [0.29, 0.717) is 19.4 Å². The van der Waals surface area contributed by atoms with Crippen LogP contribution in [0.25, 0.3) is 0 Å². The van der Waals surface area contributed by atoms with Gasteiger partial charge in [-0.2, -0.15) is 0 Å². The summed E-state index contributed by atoms with van der Waals surface area (Å²) in [5.41, 5.74) is 0.959. The van der Waals surface area contributed by atoms with Gasteiger partial charge in [-0.05, 0) is 31.0 Å². The molecule has 0 aliphatic rings. The van der Waals surface area contributed by atoms with Gasteiger partial charge >= 0.3 is 0 Å². The molecule has 1 rings (SSSR count). The molecule has 1 unspecified atom stereocenters. The minimum atomic E-state index is -0.257. The van der Waals surface area contributed by atoms with Crippen molar-refractivity contribution in [3.8, 4) is 0 Å². The Kier molecular flexibility index (Phi) is 5.63. The molecule has 0 spiro atoms. The molecule has 0 aliphatic carbocycles. The molecule has 0 fully saturated rings. The molecule has 1 amide bonds. The van der Waals surface area contributed by atoms with Gasteiger partial charge in [-0.15, -0.1) is 0 Å². The largest absolute Gasteiger partial charge is 0.383 e. The van der Waals surface area contributed by atoms with Crippen molar-refractivity contribution in [2.75, 3.05) is 13.7 Å². The molecule has 0 aliphatic heterocycles. The molecule has 4 heteroatoms. The van der Waals surface area contributed by atoms with Gasteiger partial charge in [0.25, 0.3) is 0 Å². The molecule has 0 bridgehead atoms. The number of ether oxygens (including phenoxy) is 1. The first kappa shape index (κ1) is 13.6. The molecule has 17 heavy (non-hydrogen) atoms. The van der Waals surface area contributed by atoms with E-state index in [4.69, 9.17) is 4.74 Å². The molecule has 0 heterocycles. The van der Waals surface area contributed by atoms with E-state index >= 15 is 0 Å². The van der Waals surface area contributed by atoms with Crippen LogP contribution < -0.4 is 5.32 Å². The van der Waals surface area contributed by atoms with Gasteiger partial charge < -0.3 is 10.1 Å². The Balaban J connectivity index is 2.30. The molecule has 94 valence electrons. The first-order chi connectivity index (χ1) is 8.11. The average molecular weight is 239 g/mol. The molecular weight excluding hydrogens is 221 g/mol. The highest BCUT2D eigenvalue weighted by Gasteiger charge is 2.06. The number of carbonyl (C=O) groups is 1. The maximum absolute atomic E-state index is 12.6. The Hall–Kier alpha value is -1.42. The standard InChI is InChI=1S/C13H18FNO2/c1-10(9-17-2)15-13(16)8-5-11-3-6-12(14)7-4-11/h3-4,6-7,10H,5,8-9H2,1-2H3,(H,15,16). The summed E-state index contributed by atoms with van der Waals surface area (Å²) < 4.78 is 17.6. The van der Waals surface area contributed by atoms with Crippen molar-refractivity contribution in [2.45, 2.75) is 25.8 Å². The van der Waals surface area contributed by atoms with Crippen molar-refractivity contribution in [1.82, 2.24) is 5.32 Å². The minimum absolute atomic E-state index is 0.0146. The van der Waals surface area contributed by atoms with E-state index in [1.165, 1.54) is 12.1 Å². The molecule has 3 nitrogen and oxygen atoms in total. The summed E-state index contributed by atoms with van der Waals surface area (Å²) in [6, 6.07) is 6.21. The number of nitrogens with one attached hydrogen (secondary N) is 1. The number of methoxy groups -OCH3 is 1. The van der Waals surface area contributed by atoms with Crippen molar-refractivity contribution in [1.29, 1.82) is 0 Å². The second kappa shape index (κ2) is 7.01. The van der Waals surface area contributed by atoms with Crippen LogP contribution in [0, 0.1) is 5.82 Å². The van der Waals surface area contributed by atoms with Crippen LogP contribution in [0.1, 0.15) is 18.9 Å². The zero-order valence-electron chi connectivity index (χ0n) is 10.2. The van der Waals surface area contributed by atoms with E-state index in [1.807, 2.05) is 6.92 Å². The van der Waals surface area contributed by atoms with Crippen LogP contribution in [-0.4, -0.2) is 25.7 Å². The van der Waals surface area contributed by atoms with Crippen LogP contribution in [0.15, 0.2) is 24.3 Å². The molecule has 1 N–H and O–H groups in total. The van der Waals surface area contributed by atoms with Crippen LogP contribution in [-0.2, 0) is 16.0 Å². The molecule has 0 radical (unpaired) electrons. The topological polar surface area (TPSA) is 38.3 Å². The van der Waals surface area contributed by atoms with Gasteiger partial charge in [0.15, 0.2) is 0 Å². The normalized spacial score (nSPS) is 12.2. The monoisotopic (exact) mass is 239 g/mol. The first-order valence-corrected chi connectivity index (χ1v) is 5.64. The van der Waals surface area contributed by atoms with Gasteiger partial charge in [0.1, 0.15) is 5.82 Å². The van der Waals surface area contributed by atoms with Gasteiger partial charge in [0.05, 0.1) is 6.61 Å². The third kappa shape index (κ3) is 5.45. The number of aryl methyl sites for hydroxylation is 1. The smallest absolute Gasteiger partial charge is 0.220 e. The van der Waals surface area contributed by atoms with Crippen molar-refractivity contribution in [2.24, 2.45) is 0 Å². The van der Waals surface area contributed by atoms with Crippen molar-refractivity contribution >= 4 is 5.91 Å². The summed E-state index contributed by atoms with van der Waals surface area (Å²) in [6.07, 6.45) is 1.02. The summed E-state index contributed by atoms with van der Waals surface area (Å²) in [5.74, 6) is -0.272. The molecule has 1 aromatic carbocycles. The quantitative estimate of drug-likeness (QED) is 0.823. The average Bonchev–Trinajstić information content (AvgIpc) is 2.28. The van der Waals surface area contributed by atoms with Gasteiger partial charge in [-0.25, -0.2) is 4.39 Å². The van der Waals surface area contributed by atoms with Crippen molar-refractivity contribution in [3.63, 3.8) is 0 Å². The number of rotatable bonds is 6. The van der Waals surface area contributed by atoms with Gasteiger partial charge in [0.2, 0.25) is 5.91 Å². The zero-order valence-corrected chi connectivity index (χ0v) is 10.2. The number of halogens is 1. The van der Waals surface area contributed by atoms with Crippen molar-refractivity contribution < 1.29 is 13.9 Å². The molecule has 0 saturated heterocycles. The van der Waals surface area contributed by atoms with Crippen molar-refractivity contribution in [3.05, 3.63) is 35.6 Å². The lowest BCUT2D eigenvalue weighted by molar-refractivity contribution is -0.122. The fourth-order valence-corrected chi connectivity index (χ4v) is 1.55. The van der Waals surface area contributed by atoms with Crippen LogP contribution in [0.2, 0.25) is 0 Å². The third-order valence-electron chi connectivity index (χ3n) is 2.38. The van der Waals surface area contributed by atoms with Gasteiger partial charge in [-0.1, -0.05) is 12.1 Å². The Labute approximate surface area is 101 Å². The van der Waals surface area contributed by atoms with Crippen LogP contribution in [0.5, 0.6) is 0 Å².